The standard InChI is InChI=1S/C11H21F2NS/c1-9(5-8-14-2)15-10-3-6-11(12,13)7-4-10/h9-10,14H,3-8H2,1-2H3. The van der Waals surface area contributed by atoms with Crippen LogP contribution >= 0.6 is 11.8 Å². The molecular formula is C11H21F2NS. The van der Waals surface area contributed by atoms with E-state index in [-0.39, 0.29) is 12.8 Å². The van der Waals surface area contributed by atoms with Crippen LogP contribution in [-0.4, -0.2) is 30.0 Å². The summed E-state index contributed by atoms with van der Waals surface area (Å²) < 4.78 is 25.8. The Labute approximate surface area is 95.4 Å². The Morgan fingerprint density at radius 2 is 2.00 bits per heavy atom. The van der Waals surface area contributed by atoms with Gasteiger partial charge in [-0.25, -0.2) is 8.78 Å². The molecule has 0 aliphatic heterocycles. The number of hydrogen-bond acceptors (Lipinski definition) is 2. The molecule has 4 heteroatoms. The van der Waals surface area contributed by atoms with Gasteiger partial charge in [0.2, 0.25) is 5.92 Å². The molecule has 1 fully saturated rings. The van der Waals surface area contributed by atoms with E-state index in [2.05, 4.69) is 12.2 Å². The molecule has 0 heterocycles. The maximum absolute atomic E-state index is 12.9. The van der Waals surface area contributed by atoms with Crippen LogP contribution in [0.25, 0.3) is 0 Å². The van der Waals surface area contributed by atoms with Crippen molar-refractivity contribution in [3.63, 3.8) is 0 Å². The molecule has 1 aliphatic rings. The Kier molecular flexibility index (Phi) is 5.33. The average molecular weight is 237 g/mol. The van der Waals surface area contributed by atoms with Gasteiger partial charge in [0, 0.05) is 23.3 Å². The van der Waals surface area contributed by atoms with Crippen molar-refractivity contribution in [3.8, 4) is 0 Å². The van der Waals surface area contributed by atoms with E-state index < -0.39 is 5.92 Å². The Hall–Kier alpha value is 0.170. The molecule has 1 rings (SSSR count). The maximum atomic E-state index is 12.9. The normalized spacial score (nSPS) is 24.0. The fourth-order valence-electron chi connectivity index (χ4n) is 1.89. The zero-order valence-electron chi connectivity index (χ0n) is 9.56. The van der Waals surface area contributed by atoms with Gasteiger partial charge in [0.1, 0.15) is 0 Å². The Morgan fingerprint density at radius 1 is 1.40 bits per heavy atom. The molecule has 0 amide bonds. The highest BCUT2D eigenvalue weighted by Gasteiger charge is 2.35. The van der Waals surface area contributed by atoms with Crippen LogP contribution in [0.2, 0.25) is 0 Å². The van der Waals surface area contributed by atoms with Crippen LogP contribution in [0.3, 0.4) is 0 Å². The summed E-state index contributed by atoms with van der Waals surface area (Å²) in [7, 11) is 1.94. The lowest BCUT2D eigenvalue weighted by Crippen LogP contribution is -2.27. The third kappa shape index (κ3) is 5.16. The van der Waals surface area contributed by atoms with E-state index in [0.29, 0.717) is 23.3 Å². The topological polar surface area (TPSA) is 12.0 Å². The molecular weight excluding hydrogens is 216 g/mol. The molecule has 0 aromatic carbocycles. The molecule has 1 saturated carbocycles. The third-order valence-corrected chi connectivity index (χ3v) is 4.45. The lowest BCUT2D eigenvalue weighted by molar-refractivity contribution is -0.0324. The van der Waals surface area contributed by atoms with E-state index in [9.17, 15) is 8.78 Å². The largest absolute Gasteiger partial charge is 0.320 e. The van der Waals surface area contributed by atoms with E-state index in [4.69, 9.17) is 0 Å². The van der Waals surface area contributed by atoms with Crippen molar-refractivity contribution in [1.82, 2.24) is 5.32 Å². The SMILES string of the molecule is CNCCC(C)SC1CCC(F)(F)CC1. The van der Waals surface area contributed by atoms with Crippen LogP contribution in [-0.2, 0) is 0 Å². The summed E-state index contributed by atoms with van der Waals surface area (Å²) in [5.74, 6) is -2.38. The first-order valence-corrected chi connectivity index (χ1v) is 6.65. The molecule has 1 atom stereocenters. The van der Waals surface area contributed by atoms with Gasteiger partial charge >= 0.3 is 0 Å². The molecule has 1 unspecified atom stereocenters. The van der Waals surface area contributed by atoms with E-state index in [0.717, 1.165) is 13.0 Å². The van der Waals surface area contributed by atoms with Crippen molar-refractivity contribution in [2.75, 3.05) is 13.6 Å². The molecule has 0 radical (unpaired) electrons. The summed E-state index contributed by atoms with van der Waals surface area (Å²) in [4.78, 5) is 0. The van der Waals surface area contributed by atoms with Crippen molar-refractivity contribution in [1.29, 1.82) is 0 Å². The molecule has 90 valence electrons. The van der Waals surface area contributed by atoms with Gasteiger partial charge in [-0.3, -0.25) is 0 Å². The van der Waals surface area contributed by atoms with Gasteiger partial charge in [-0.05, 0) is 32.9 Å². The highest BCUT2D eigenvalue weighted by molar-refractivity contribution is 8.00. The minimum atomic E-state index is -2.38. The van der Waals surface area contributed by atoms with Gasteiger partial charge in [-0.2, -0.15) is 11.8 Å². The summed E-state index contributed by atoms with van der Waals surface area (Å²) in [5.41, 5.74) is 0. The first-order chi connectivity index (χ1) is 7.03. The lowest BCUT2D eigenvalue weighted by atomic mass is 9.96. The highest BCUT2D eigenvalue weighted by atomic mass is 32.2. The Balaban J connectivity index is 2.17. The fraction of sp³-hybridized carbons (Fsp3) is 1.00. The molecule has 0 aromatic rings. The third-order valence-electron chi connectivity index (χ3n) is 2.89. The van der Waals surface area contributed by atoms with Gasteiger partial charge in [0.05, 0.1) is 0 Å². The minimum Gasteiger partial charge on any atom is -0.320 e. The van der Waals surface area contributed by atoms with Crippen LogP contribution < -0.4 is 5.32 Å². The van der Waals surface area contributed by atoms with Crippen molar-refractivity contribution < 1.29 is 8.78 Å². The number of rotatable bonds is 5. The van der Waals surface area contributed by atoms with Crippen molar-refractivity contribution in [3.05, 3.63) is 0 Å². The van der Waals surface area contributed by atoms with Crippen LogP contribution in [0.4, 0.5) is 8.78 Å². The van der Waals surface area contributed by atoms with Gasteiger partial charge in [0.15, 0.2) is 0 Å². The predicted molar refractivity (Wildman–Crippen MR) is 62.8 cm³/mol. The van der Waals surface area contributed by atoms with Gasteiger partial charge < -0.3 is 5.32 Å². The summed E-state index contributed by atoms with van der Waals surface area (Å²) in [6.45, 7) is 3.20. The molecule has 0 spiro atoms. The molecule has 1 N–H and O–H groups in total. The van der Waals surface area contributed by atoms with Crippen LogP contribution in [0.5, 0.6) is 0 Å². The zero-order valence-corrected chi connectivity index (χ0v) is 10.4. The van der Waals surface area contributed by atoms with E-state index in [1.54, 1.807) is 0 Å². The van der Waals surface area contributed by atoms with E-state index in [1.807, 2.05) is 18.8 Å². The van der Waals surface area contributed by atoms with E-state index in [1.165, 1.54) is 0 Å². The van der Waals surface area contributed by atoms with E-state index >= 15 is 0 Å². The Bertz CT molecular complexity index is 177. The van der Waals surface area contributed by atoms with Gasteiger partial charge in [-0.15, -0.1) is 0 Å². The number of thioether (sulfide) groups is 1. The van der Waals surface area contributed by atoms with Crippen molar-refractivity contribution >= 4 is 11.8 Å². The molecule has 15 heavy (non-hydrogen) atoms. The summed E-state index contributed by atoms with van der Waals surface area (Å²) >= 11 is 1.89. The maximum Gasteiger partial charge on any atom is 0.248 e. The minimum absolute atomic E-state index is 0.0867. The average Bonchev–Trinajstić information content (AvgIpc) is 2.18. The van der Waals surface area contributed by atoms with Crippen LogP contribution in [0.1, 0.15) is 39.0 Å². The van der Waals surface area contributed by atoms with Gasteiger partial charge in [0.25, 0.3) is 0 Å². The smallest absolute Gasteiger partial charge is 0.248 e. The first-order valence-electron chi connectivity index (χ1n) is 5.71. The molecule has 1 aliphatic carbocycles. The summed E-state index contributed by atoms with van der Waals surface area (Å²) in [5, 5.41) is 4.15. The quantitative estimate of drug-likeness (QED) is 0.787. The molecule has 0 bridgehead atoms. The van der Waals surface area contributed by atoms with Crippen LogP contribution in [0, 0.1) is 0 Å². The monoisotopic (exact) mass is 237 g/mol. The fourth-order valence-corrected chi connectivity index (χ4v) is 3.31. The second kappa shape index (κ2) is 6.04. The second-order valence-corrected chi connectivity index (χ2v) is 6.14. The number of halogens is 2. The number of alkyl halides is 2. The first kappa shape index (κ1) is 13.2. The number of nitrogens with one attached hydrogen (secondary N) is 1. The van der Waals surface area contributed by atoms with Crippen LogP contribution in [0.15, 0.2) is 0 Å². The summed E-state index contributed by atoms with van der Waals surface area (Å²) in [6.07, 6.45) is 2.66. The highest BCUT2D eigenvalue weighted by Crippen LogP contribution is 2.39. The van der Waals surface area contributed by atoms with Gasteiger partial charge in [-0.1, -0.05) is 6.92 Å². The lowest BCUT2D eigenvalue weighted by Gasteiger charge is -2.29. The summed E-state index contributed by atoms with van der Waals surface area (Å²) in [6, 6.07) is 0. The van der Waals surface area contributed by atoms with Crippen molar-refractivity contribution in [2.24, 2.45) is 0 Å². The second-order valence-electron chi connectivity index (χ2n) is 4.39. The number of hydrogen-bond donors (Lipinski definition) is 1. The Morgan fingerprint density at radius 3 is 2.53 bits per heavy atom. The zero-order chi connectivity index (χ0) is 11.3. The molecule has 0 aromatic heterocycles. The molecule has 1 nitrogen and oxygen atoms in total. The van der Waals surface area contributed by atoms with Crippen molar-refractivity contribution in [2.45, 2.75) is 55.5 Å². The molecule has 0 saturated heterocycles. The predicted octanol–water partition coefficient (Wildman–Crippen LogP) is 3.30.